The molecule has 0 saturated carbocycles. The number of amides is 1. The number of halogens is 2. The number of rotatable bonds is 7. The van der Waals surface area contributed by atoms with Crippen molar-refractivity contribution in [1.29, 1.82) is 0 Å². The Hall–Kier alpha value is -1.60. The third-order valence-corrected chi connectivity index (χ3v) is 5.20. The quantitative estimate of drug-likeness (QED) is 0.674. The molecule has 1 heterocycles. The standard InChI is InChI=1S/C19H26Cl2N4O2/c1-13(20)17(23-2)25-10-8-19(22,9-11-25)18(26)24-16(12-27-3)14-4-6-15(21)7-5-14/h4-7,16H,2,8-12,22H2,1,3H3,(H,24,26). The molecule has 1 aromatic rings. The second-order valence-electron chi connectivity index (χ2n) is 6.69. The number of hydrogen-bond donors (Lipinski definition) is 2. The Morgan fingerprint density at radius 3 is 2.48 bits per heavy atom. The third-order valence-electron chi connectivity index (χ3n) is 4.78. The molecule has 0 spiro atoms. The number of methoxy groups -OCH3 is 1. The molecule has 6 nitrogen and oxygen atoms in total. The van der Waals surface area contributed by atoms with Crippen molar-refractivity contribution < 1.29 is 9.53 Å². The molecule has 27 heavy (non-hydrogen) atoms. The van der Waals surface area contributed by atoms with E-state index in [1.807, 2.05) is 17.0 Å². The molecule has 2 rings (SSSR count). The van der Waals surface area contributed by atoms with E-state index in [9.17, 15) is 4.79 Å². The summed E-state index contributed by atoms with van der Waals surface area (Å²) in [5.74, 6) is 0.441. The summed E-state index contributed by atoms with van der Waals surface area (Å²) in [6.07, 6.45) is 0.977. The minimum absolute atomic E-state index is 0.196. The van der Waals surface area contributed by atoms with Crippen LogP contribution in [0.3, 0.4) is 0 Å². The molecule has 1 amide bonds. The lowest BCUT2D eigenvalue weighted by Crippen LogP contribution is -2.60. The van der Waals surface area contributed by atoms with Crippen LogP contribution in [0.5, 0.6) is 0 Å². The van der Waals surface area contributed by atoms with Crippen LogP contribution in [-0.4, -0.2) is 49.9 Å². The molecule has 1 fully saturated rings. The van der Waals surface area contributed by atoms with Crippen LogP contribution in [0.25, 0.3) is 0 Å². The monoisotopic (exact) mass is 412 g/mol. The molecule has 1 aliphatic heterocycles. The van der Waals surface area contributed by atoms with E-state index in [1.165, 1.54) is 0 Å². The Labute approximate surface area is 170 Å². The van der Waals surface area contributed by atoms with Crippen molar-refractivity contribution in [2.75, 3.05) is 26.8 Å². The highest BCUT2D eigenvalue weighted by molar-refractivity contribution is 6.30. The van der Waals surface area contributed by atoms with Gasteiger partial charge in [-0.05, 0) is 44.2 Å². The molecule has 0 radical (unpaired) electrons. The number of nitrogens with zero attached hydrogens (tertiary/aromatic N) is 2. The highest BCUT2D eigenvalue weighted by Crippen LogP contribution is 2.26. The molecule has 148 valence electrons. The minimum atomic E-state index is -0.957. The summed E-state index contributed by atoms with van der Waals surface area (Å²) in [6, 6.07) is 7.01. The summed E-state index contributed by atoms with van der Waals surface area (Å²) in [7, 11) is 1.59. The first-order valence-corrected chi connectivity index (χ1v) is 9.48. The molecular weight excluding hydrogens is 387 g/mol. The largest absolute Gasteiger partial charge is 0.382 e. The van der Waals surface area contributed by atoms with Crippen molar-refractivity contribution in [2.45, 2.75) is 31.3 Å². The number of likely N-dealkylation sites (tertiary alicyclic amines) is 1. The van der Waals surface area contributed by atoms with Gasteiger partial charge in [0.2, 0.25) is 5.91 Å². The Kier molecular flexibility index (Phi) is 7.68. The second kappa shape index (κ2) is 9.55. The lowest BCUT2D eigenvalue weighted by atomic mass is 9.87. The van der Waals surface area contributed by atoms with Crippen LogP contribution in [-0.2, 0) is 9.53 Å². The zero-order valence-corrected chi connectivity index (χ0v) is 17.2. The highest BCUT2D eigenvalue weighted by atomic mass is 35.5. The third kappa shape index (κ3) is 5.45. The topological polar surface area (TPSA) is 80.0 Å². The first-order chi connectivity index (χ1) is 12.8. The van der Waals surface area contributed by atoms with Gasteiger partial charge in [-0.25, -0.2) is 4.99 Å². The fourth-order valence-electron chi connectivity index (χ4n) is 3.16. The zero-order chi connectivity index (χ0) is 20.0. The number of ether oxygens (including phenoxy) is 1. The molecule has 1 saturated heterocycles. The van der Waals surface area contributed by atoms with Crippen molar-refractivity contribution >= 4 is 35.8 Å². The normalized spacial score (nSPS) is 18.5. The van der Waals surface area contributed by atoms with Gasteiger partial charge in [0.15, 0.2) is 0 Å². The molecule has 8 heteroatoms. The van der Waals surface area contributed by atoms with Gasteiger partial charge in [-0.15, -0.1) is 0 Å². The smallest absolute Gasteiger partial charge is 0.240 e. The van der Waals surface area contributed by atoms with E-state index in [2.05, 4.69) is 17.0 Å². The van der Waals surface area contributed by atoms with Crippen LogP contribution in [0.4, 0.5) is 0 Å². The number of allylic oxidation sites excluding steroid dienone is 1. The average molecular weight is 413 g/mol. The summed E-state index contributed by atoms with van der Waals surface area (Å²) in [4.78, 5) is 18.9. The van der Waals surface area contributed by atoms with Crippen LogP contribution >= 0.6 is 23.2 Å². The Morgan fingerprint density at radius 2 is 2.00 bits per heavy atom. The summed E-state index contributed by atoms with van der Waals surface area (Å²) in [6.45, 7) is 6.83. The van der Waals surface area contributed by atoms with E-state index in [4.69, 9.17) is 33.7 Å². The van der Waals surface area contributed by atoms with Crippen molar-refractivity contribution in [1.82, 2.24) is 10.2 Å². The molecule has 1 aromatic carbocycles. The highest BCUT2D eigenvalue weighted by Gasteiger charge is 2.39. The molecule has 0 aromatic heterocycles. The van der Waals surface area contributed by atoms with E-state index in [1.54, 1.807) is 26.2 Å². The van der Waals surface area contributed by atoms with Crippen LogP contribution in [0.15, 0.2) is 40.1 Å². The molecule has 0 aliphatic carbocycles. The molecule has 0 bridgehead atoms. The Balaban J connectivity index is 2.06. The van der Waals surface area contributed by atoms with Gasteiger partial charge in [0.1, 0.15) is 5.82 Å². The van der Waals surface area contributed by atoms with E-state index < -0.39 is 5.54 Å². The number of carbonyl (C=O) groups excluding carboxylic acids is 1. The van der Waals surface area contributed by atoms with Gasteiger partial charge in [0.05, 0.1) is 23.2 Å². The molecule has 1 unspecified atom stereocenters. The number of benzene rings is 1. The lowest BCUT2D eigenvalue weighted by Gasteiger charge is -2.39. The number of piperidine rings is 1. The van der Waals surface area contributed by atoms with Crippen LogP contribution in [0.2, 0.25) is 5.02 Å². The predicted octanol–water partition coefficient (Wildman–Crippen LogP) is 3.07. The minimum Gasteiger partial charge on any atom is -0.382 e. The van der Waals surface area contributed by atoms with Gasteiger partial charge in [-0.1, -0.05) is 35.3 Å². The Bertz CT molecular complexity index is 694. The van der Waals surface area contributed by atoms with Gasteiger partial charge in [0.25, 0.3) is 0 Å². The SMILES string of the molecule is C=NC(=C(C)Cl)N1CCC(N)(C(=O)NC(COC)c2ccc(Cl)cc2)CC1. The number of carbonyl (C=O) groups is 1. The molecule has 1 atom stereocenters. The van der Waals surface area contributed by atoms with Gasteiger partial charge in [-0.3, -0.25) is 4.79 Å². The maximum atomic E-state index is 12.9. The molecule has 1 aliphatic rings. The summed E-state index contributed by atoms with van der Waals surface area (Å²) >= 11 is 12.0. The fraction of sp³-hybridized carbons (Fsp3) is 0.474. The summed E-state index contributed by atoms with van der Waals surface area (Å²) in [5, 5.41) is 4.23. The number of nitrogens with two attached hydrogens (primary N) is 1. The first-order valence-electron chi connectivity index (χ1n) is 8.73. The van der Waals surface area contributed by atoms with Crippen molar-refractivity contribution in [3.05, 3.63) is 45.7 Å². The van der Waals surface area contributed by atoms with Crippen molar-refractivity contribution in [3.8, 4) is 0 Å². The van der Waals surface area contributed by atoms with E-state index >= 15 is 0 Å². The lowest BCUT2D eigenvalue weighted by molar-refractivity contribution is -0.129. The van der Waals surface area contributed by atoms with Crippen molar-refractivity contribution in [3.63, 3.8) is 0 Å². The predicted molar refractivity (Wildman–Crippen MR) is 110 cm³/mol. The van der Waals surface area contributed by atoms with Crippen LogP contribution < -0.4 is 11.1 Å². The second-order valence-corrected chi connectivity index (χ2v) is 7.69. The van der Waals surface area contributed by atoms with Crippen LogP contribution in [0.1, 0.15) is 31.4 Å². The maximum absolute atomic E-state index is 12.9. The van der Waals surface area contributed by atoms with Crippen molar-refractivity contribution in [2.24, 2.45) is 10.7 Å². The number of hydrogen-bond acceptors (Lipinski definition) is 5. The Morgan fingerprint density at radius 1 is 1.41 bits per heavy atom. The molecular formula is C19H26Cl2N4O2. The number of nitrogens with one attached hydrogen (secondary N) is 1. The van der Waals surface area contributed by atoms with E-state index in [0.29, 0.717) is 48.4 Å². The van der Waals surface area contributed by atoms with Gasteiger partial charge < -0.3 is 20.7 Å². The first kappa shape index (κ1) is 21.7. The van der Waals surface area contributed by atoms with Crippen LogP contribution in [0, 0.1) is 0 Å². The van der Waals surface area contributed by atoms with Gasteiger partial charge in [-0.2, -0.15) is 0 Å². The van der Waals surface area contributed by atoms with Gasteiger partial charge >= 0.3 is 0 Å². The molecule has 3 N–H and O–H groups in total. The zero-order valence-electron chi connectivity index (χ0n) is 15.7. The van der Waals surface area contributed by atoms with E-state index in [0.717, 1.165) is 5.56 Å². The van der Waals surface area contributed by atoms with E-state index in [-0.39, 0.29) is 11.9 Å². The van der Waals surface area contributed by atoms with Gasteiger partial charge in [0, 0.05) is 25.2 Å². The summed E-state index contributed by atoms with van der Waals surface area (Å²) in [5.41, 5.74) is 6.39. The summed E-state index contributed by atoms with van der Waals surface area (Å²) < 4.78 is 5.26. The maximum Gasteiger partial charge on any atom is 0.240 e. The average Bonchev–Trinajstić information content (AvgIpc) is 2.64. The number of aliphatic imine (C=N–C) groups is 1. The fourth-order valence-corrected chi connectivity index (χ4v) is 3.46.